The minimum Gasteiger partial charge on any atom is -0.353 e. The van der Waals surface area contributed by atoms with E-state index in [0.29, 0.717) is 18.4 Å². The van der Waals surface area contributed by atoms with Crippen LogP contribution in [0.4, 0.5) is 0 Å². The summed E-state index contributed by atoms with van der Waals surface area (Å²) in [6.45, 7) is 3.08. The number of rotatable bonds is 5. The Morgan fingerprint density at radius 3 is 2.35 bits per heavy atom. The van der Waals surface area contributed by atoms with Crippen molar-refractivity contribution in [2.75, 3.05) is 13.1 Å². The van der Waals surface area contributed by atoms with Crippen molar-refractivity contribution in [3.05, 3.63) is 34.3 Å². The number of likely N-dealkylation sites (tertiary alicyclic amines) is 1. The lowest BCUT2D eigenvalue weighted by atomic mass is 9.98. The molecule has 1 heterocycles. The van der Waals surface area contributed by atoms with Gasteiger partial charge < -0.3 is 11.1 Å². The summed E-state index contributed by atoms with van der Waals surface area (Å²) in [5.41, 5.74) is 7.42. The highest BCUT2D eigenvalue weighted by molar-refractivity contribution is 9.10. The van der Waals surface area contributed by atoms with E-state index in [1.54, 1.807) is 0 Å². The molecule has 0 unspecified atom stereocenters. The zero-order chi connectivity index (χ0) is 16.9. The van der Waals surface area contributed by atoms with Crippen LogP contribution in [0.2, 0.25) is 0 Å². The molecule has 2 fully saturated rings. The first-order chi connectivity index (χ1) is 11.6. The van der Waals surface area contributed by atoms with E-state index in [0.717, 1.165) is 49.8 Å². The Balaban J connectivity index is 0.00000169. The van der Waals surface area contributed by atoms with E-state index in [9.17, 15) is 4.79 Å². The lowest BCUT2D eigenvalue weighted by molar-refractivity contribution is -0.123. The molecule has 1 saturated carbocycles. The second-order valence-electron chi connectivity index (χ2n) is 7.30. The highest BCUT2D eigenvalue weighted by Gasteiger charge is 2.27. The van der Waals surface area contributed by atoms with Crippen LogP contribution in [0.25, 0.3) is 0 Å². The van der Waals surface area contributed by atoms with Crippen LogP contribution in [0, 0.1) is 5.92 Å². The van der Waals surface area contributed by atoms with Crippen LogP contribution in [-0.2, 0) is 11.3 Å². The maximum absolute atomic E-state index is 12.2. The maximum Gasteiger partial charge on any atom is 0.220 e. The molecule has 4 nitrogen and oxygen atoms in total. The number of hydrogen-bond acceptors (Lipinski definition) is 3. The largest absolute Gasteiger partial charge is 0.353 e. The fourth-order valence-corrected chi connectivity index (χ4v) is 4.19. The van der Waals surface area contributed by atoms with Crippen molar-refractivity contribution in [1.29, 1.82) is 0 Å². The van der Waals surface area contributed by atoms with Crippen LogP contribution in [0.15, 0.2) is 28.7 Å². The molecule has 1 saturated heterocycles. The molecule has 1 aliphatic carbocycles. The number of nitrogens with zero attached hydrogens (tertiary/aromatic N) is 1. The molecule has 0 aromatic heterocycles. The van der Waals surface area contributed by atoms with Crippen LogP contribution in [-0.4, -0.2) is 36.0 Å². The maximum atomic E-state index is 12.2. The molecule has 148 valence electrons. The highest BCUT2D eigenvalue weighted by Crippen LogP contribution is 2.27. The third-order valence-corrected chi connectivity index (χ3v) is 5.97. The summed E-state index contributed by atoms with van der Waals surface area (Å²) >= 11 is 3.47. The second kappa shape index (κ2) is 11.5. The average Bonchev–Trinajstić information content (AvgIpc) is 2.96. The predicted octanol–water partition coefficient (Wildman–Crippen LogP) is 3.89. The number of amides is 1. The quantitative estimate of drug-likeness (QED) is 0.691. The van der Waals surface area contributed by atoms with Gasteiger partial charge in [-0.25, -0.2) is 0 Å². The topological polar surface area (TPSA) is 58.4 Å². The Kier molecular flexibility index (Phi) is 10.5. The first-order valence-electron chi connectivity index (χ1n) is 9.12. The first-order valence-corrected chi connectivity index (χ1v) is 9.91. The number of nitrogens with one attached hydrogen (secondary N) is 1. The van der Waals surface area contributed by atoms with E-state index in [2.05, 4.69) is 50.4 Å². The monoisotopic (exact) mass is 465 g/mol. The van der Waals surface area contributed by atoms with Crippen LogP contribution in [0.1, 0.15) is 44.1 Å². The Labute approximate surface area is 177 Å². The molecule has 1 aliphatic heterocycles. The van der Waals surface area contributed by atoms with Crippen LogP contribution < -0.4 is 11.1 Å². The number of halogens is 3. The van der Waals surface area contributed by atoms with E-state index in [4.69, 9.17) is 5.73 Å². The molecule has 1 amide bonds. The Morgan fingerprint density at radius 2 is 1.77 bits per heavy atom. The lowest BCUT2D eigenvalue weighted by Gasteiger charge is -2.32. The zero-order valence-corrected chi connectivity index (χ0v) is 18.3. The van der Waals surface area contributed by atoms with Gasteiger partial charge in [0.05, 0.1) is 0 Å². The standard InChI is InChI=1S/C19H28BrN3O.2ClH/c20-16-6-4-14(5-7-16)13-23-10-8-17(9-11-23)22-19(24)12-15-2-1-3-18(15)21;;/h4-7,15,17-18H,1-3,8-13,21H2,(H,22,24);2*1H/t15-,18+;;/m0../s1. The SMILES string of the molecule is Cl.Cl.N[C@@H]1CCC[C@H]1CC(=O)NC1CCN(Cc2ccc(Br)cc2)CC1. The number of nitrogens with two attached hydrogens (primary N) is 1. The zero-order valence-electron chi connectivity index (χ0n) is 15.0. The van der Waals surface area contributed by atoms with Crippen LogP contribution in [0.5, 0.6) is 0 Å². The molecule has 2 aliphatic rings. The van der Waals surface area contributed by atoms with Crippen molar-refractivity contribution >= 4 is 46.7 Å². The van der Waals surface area contributed by atoms with E-state index in [-0.39, 0.29) is 36.8 Å². The molecular formula is C19H30BrCl2N3O. The van der Waals surface area contributed by atoms with Crippen molar-refractivity contribution in [2.45, 2.75) is 57.2 Å². The first kappa shape index (κ1) is 23.7. The van der Waals surface area contributed by atoms with Crippen molar-refractivity contribution in [1.82, 2.24) is 10.2 Å². The number of carbonyl (C=O) groups is 1. The van der Waals surface area contributed by atoms with Gasteiger partial charge in [-0.05, 0) is 49.3 Å². The van der Waals surface area contributed by atoms with Gasteiger partial charge in [-0.3, -0.25) is 9.69 Å². The van der Waals surface area contributed by atoms with Crippen LogP contribution >= 0.6 is 40.7 Å². The minimum absolute atomic E-state index is 0. The van der Waals surface area contributed by atoms with E-state index in [1.165, 1.54) is 12.0 Å². The summed E-state index contributed by atoms with van der Waals surface area (Å²) in [5, 5.41) is 3.23. The summed E-state index contributed by atoms with van der Waals surface area (Å²) in [7, 11) is 0. The summed E-state index contributed by atoms with van der Waals surface area (Å²) in [6, 6.07) is 9.08. The van der Waals surface area contributed by atoms with Crippen molar-refractivity contribution < 1.29 is 4.79 Å². The molecule has 3 rings (SSSR count). The van der Waals surface area contributed by atoms with E-state index >= 15 is 0 Å². The predicted molar refractivity (Wildman–Crippen MR) is 115 cm³/mol. The molecular weight excluding hydrogens is 437 g/mol. The Morgan fingerprint density at radius 1 is 1.12 bits per heavy atom. The Bertz CT molecular complexity index is 550. The molecule has 0 spiro atoms. The smallest absolute Gasteiger partial charge is 0.220 e. The van der Waals surface area contributed by atoms with E-state index in [1.807, 2.05) is 0 Å². The summed E-state index contributed by atoms with van der Waals surface area (Å²) in [5.74, 6) is 0.589. The van der Waals surface area contributed by atoms with Gasteiger partial charge in [-0.1, -0.05) is 34.5 Å². The van der Waals surface area contributed by atoms with E-state index < -0.39 is 0 Å². The molecule has 0 radical (unpaired) electrons. The van der Waals surface area contributed by atoms with Gasteiger partial charge in [0.2, 0.25) is 5.91 Å². The second-order valence-corrected chi connectivity index (χ2v) is 8.22. The number of hydrogen-bond donors (Lipinski definition) is 2. The van der Waals surface area contributed by atoms with Crippen molar-refractivity contribution in [3.8, 4) is 0 Å². The van der Waals surface area contributed by atoms with Crippen molar-refractivity contribution in [2.24, 2.45) is 11.7 Å². The van der Waals surface area contributed by atoms with Gasteiger partial charge in [0, 0.05) is 42.6 Å². The average molecular weight is 467 g/mol. The van der Waals surface area contributed by atoms with Gasteiger partial charge in [-0.2, -0.15) is 0 Å². The highest BCUT2D eigenvalue weighted by atomic mass is 79.9. The Hall–Kier alpha value is -0.330. The van der Waals surface area contributed by atoms with Crippen LogP contribution in [0.3, 0.4) is 0 Å². The normalized spacial score (nSPS) is 23.8. The van der Waals surface area contributed by atoms with Gasteiger partial charge in [0.25, 0.3) is 0 Å². The van der Waals surface area contributed by atoms with Gasteiger partial charge >= 0.3 is 0 Å². The van der Waals surface area contributed by atoms with Gasteiger partial charge in [-0.15, -0.1) is 24.8 Å². The van der Waals surface area contributed by atoms with Crippen molar-refractivity contribution in [3.63, 3.8) is 0 Å². The molecule has 1 aromatic carbocycles. The fourth-order valence-electron chi connectivity index (χ4n) is 3.93. The minimum atomic E-state index is 0. The molecule has 1 aromatic rings. The third kappa shape index (κ3) is 7.01. The summed E-state index contributed by atoms with van der Waals surface area (Å²) < 4.78 is 1.12. The number of benzene rings is 1. The third-order valence-electron chi connectivity index (χ3n) is 5.44. The summed E-state index contributed by atoms with van der Waals surface area (Å²) in [4.78, 5) is 14.7. The van der Waals surface area contributed by atoms with Gasteiger partial charge in [0.1, 0.15) is 0 Å². The van der Waals surface area contributed by atoms with Gasteiger partial charge in [0.15, 0.2) is 0 Å². The molecule has 0 bridgehead atoms. The molecule has 2 atom stereocenters. The number of piperidine rings is 1. The number of carbonyl (C=O) groups excluding carboxylic acids is 1. The molecule has 26 heavy (non-hydrogen) atoms. The summed E-state index contributed by atoms with van der Waals surface area (Å²) in [6.07, 6.45) is 6.05. The molecule has 3 N–H and O–H groups in total. The molecule has 7 heteroatoms. The fraction of sp³-hybridized carbons (Fsp3) is 0.632. The lowest BCUT2D eigenvalue weighted by Crippen LogP contribution is -2.45.